The number of nitrogens with two attached hydrogens (primary N) is 1. The Hall–Kier alpha value is -3.14. The van der Waals surface area contributed by atoms with E-state index >= 15 is 0 Å². The van der Waals surface area contributed by atoms with E-state index in [4.69, 9.17) is 16.1 Å². The molecule has 2 heterocycles. The van der Waals surface area contributed by atoms with E-state index in [1.54, 1.807) is 0 Å². The van der Waals surface area contributed by atoms with Crippen LogP contribution < -0.4 is 11.1 Å². The van der Waals surface area contributed by atoms with Gasteiger partial charge in [0.2, 0.25) is 0 Å². The van der Waals surface area contributed by atoms with Gasteiger partial charge in [0.25, 0.3) is 0 Å². The topological polar surface area (TPSA) is 105 Å². The van der Waals surface area contributed by atoms with Crippen LogP contribution in [0.5, 0.6) is 0 Å². The van der Waals surface area contributed by atoms with Gasteiger partial charge < -0.3 is 11.1 Å². The lowest BCUT2D eigenvalue weighted by Gasteiger charge is -2.27. The van der Waals surface area contributed by atoms with Crippen LogP contribution >= 0.6 is 0 Å². The maximum atomic E-state index is 8.79. The minimum absolute atomic E-state index is 0.256. The van der Waals surface area contributed by atoms with Crippen molar-refractivity contribution in [3.63, 3.8) is 0 Å². The molecule has 1 aliphatic carbocycles. The first-order valence-electron chi connectivity index (χ1n) is 8.46. The van der Waals surface area contributed by atoms with Gasteiger partial charge in [-0.25, -0.2) is 14.6 Å². The van der Waals surface area contributed by atoms with Gasteiger partial charge in [-0.1, -0.05) is 30.3 Å². The molecule has 1 aromatic carbocycles. The van der Waals surface area contributed by atoms with E-state index in [-0.39, 0.29) is 12.1 Å². The molecule has 0 saturated heterocycles. The standard InChI is InChI=1S/C18H19N7/c19-10-21-13-6-8-14(9-7-13)25-18-15(17(20)22-11-23-18)16(24-25)12-4-2-1-3-5-12/h1-5,11,13-14,21H,6-9H2,(H2,20,22,23). The summed E-state index contributed by atoms with van der Waals surface area (Å²) < 4.78 is 2.00. The number of nitrogen functional groups attached to an aromatic ring is 1. The first-order chi connectivity index (χ1) is 12.3. The van der Waals surface area contributed by atoms with Crippen molar-refractivity contribution in [2.75, 3.05) is 5.73 Å². The zero-order valence-electron chi connectivity index (χ0n) is 13.8. The second kappa shape index (κ2) is 6.40. The summed E-state index contributed by atoms with van der Waals surface area (Å²) in [6.07, 6.45) is 7.33. The largest absolute Gasteiger partial charge is 0.383 e. The molecule has 2 aromatic heterocycles. The van der Waals surface area contributed by atoms with Gasteiger partial charge in [0.1, 0.15) is 17.8 Å². The molecule has 1 fully saturated rings. The highest BCUT2D eigenvalue weighted by Gasteiger charge is 2.26. The third-order valence-electron chi connectivity index (χ3n) is 4.88. The molecule has 4 rings (SSSR count). The first-order valence-corrected chi connectivity index (χ1v) is 8.46. The van der Waals surface area contributed by atoms with E-state index in [0.29, 0.717) is 5.82 Å². The predicted octanol–water partition coefficient (Wildman–Crippen LogP) is 2.63. The summed E-state index contributed by atoms with van der Waals surface area (Å²) in [6.45, 7) is 0. The lowest BCUT2D eigenvalue weighted by Crippen LogP contribution is -2.31. The van der Waals surface area contributed by atoms with Gasteiger partial charge in [-0.3, -0.25) is 0 Å². The Balaban J connectivity index is 1.76. The minimum Gasteiger partial charge on any atom is -0.383 e. The van der Waals surface area contributed by atoms with Gasteiger partial charge in [0.05, 0.1) is 11.4 Å². The lowest BCUT2D eigenvalue weighted by atomic mass is 9.91. The molecule has 0 aliphatic heterocycles. The van der Waals surface area contributed by atoms with Crippen LogP contribution in [0.4, 0.5) is 5.82 Å². The molecule has 126 valence electrons. The van der Waals surface area contributed by atoms with Crippen molar-refractivity contribution >= 4 is 16.9 Å². The Morgan fingerprint density at radius 2 is 1.88 bits per heavy atom. The summed E-state index contributed by atoms with van der Waals surface area (Å²) in [7, 11) is 0. The van der Waals surface area contributed by atoms with E-state index in [1.807, 2.05) is 41.2 Å². The number of fused-ring (bicyclic) bond motifs is 1. The molecule has 3 aromatic rings. The number of aromatic nitrogens is 4. The fraction of sp³-hybridized carbons (Fsp3) is 0.333. The maximum absolute atomic E-state index is 8.79. The summed E-state index contributed by atoms with van der Waals surface area (Å²) in [5, 5.41) is 17.3. The number of hydrogen-bond donors (Lipinski definition) is 2. The molecule has 0 radical (unpaired) electrons. The monoisotopic (exact) mass is 333 g/mol. The fourth-order valence-corrected chi connectivity index (χ4v) is 3.60. The van der Waals surface area contributed by atoms with Crippen molar-refractivity contribution < 1.29 is 0 Å². The van der Waals surface area contributed by atoms with Gasteiger partial charge in [-0.2, -0.15) is 10.4 Å². The van der Waals surface area contributed by atoms with Crippen molar-refractivity contribution in [1.82, 2.24) is 25.1 Å². The minimum atomic E-state index is 0.256. The number of nitriles is 1. The summed E-state index contributed by atoms with van der Waals surface area (Å²) in [5.41, 5.74) is 8.76. The average molecular weight is 333 g/mol. The zero-order valence-corrected chi connectivity index (χ0v) is 13.8. The van der Waals surface area contributed by atoms with Gasteiger partial charge in [-0.15, -0.1) is 0 Å². The van der Waals surface area contributed by atoms with Gasteiger partial charge in [0, 0.05) is 11.6 Å². The van der Waals surface area contributed by atoms with Crippen molar-refractivity contribution in [2.45, 2.75) is 37.8 Å². The summed E-state index contributed by atoms with van der Waals surface area (Å²) in [4.78, 5) is 8.62. The van der Waals surface area contributed by atoms with E-state index in [2.05, 4.69) is 15.3 Å². The molecule has 0 unspecified atom stereocenters. The smallest absolute Gasteiger partial charge is 0.176 e. The van der Waals surface area contributed by atoms with Crippen molar-refractivity contribution in [3.05, 3.63) is 36.7 Å². The Bertz CT molecular complexity index is 918. The molecule has 7 nitrogen and oxygen atoms in total. The van der Waals surface area contributed by atoms with E-state index in [9.17, 15) is 0 Å². The van der Waals surface area contributed by atoms with Crippen molar-refractivity contribution in [2.24, 2.45) is 0 Å². The van der Waals surface area contributed by atoms with E-state index in [0.717, 1.165) is 48.0 Å². The Labute approximate surface area is 145 Å². The highest BCUT2D eigenvalue weighted by Crippen LogP contribution is 2.35. The zero-order chi connectivity index (χ0) is 17.2. The van der Waals surface area contributed by atoms with Crippen LogP contribution in [0, 0.1) is 11.5 Å². The normalized spacial score (nSPS) is 20.3. The summed E-state index contributed by atoms with van der Waals surface area (Å²) >= 11 is 0. The predicted molar refractivity (Wildman–Crippen MR) is 95.2 cm³/mol. The van der Waals surface area contributed by atoms with Crippen molar-refractivity contribution in [1.29, 1.82) is 5.26 Å². The fourth-order valence-electron chi connectivity index (χ4n) is 3.60. The number of rotatable bonds is 3. The number of anilines is 1. The first kappa shape index (κ1) is 15.4. The summed E-state index contributed by atoms with van der Waals surface area (Å²) in [5.74, 6) is 0.454. The molecule has 0 amide bonds. The van der Waals surface area contributed by atoms with Crippen LogP contribution in [-0.2, 0) is 0 Å². The number of nitrogens with zero attached hydrogens (tertiary/aromatic N) is 5. The van der Waals surface area contributed by atoms with E-state index in [1.165, 1.54) is 6.33 Å². The van der Waals surface area contributed by atoms with Gasteiger partial charge in [0.15, 0.2) is 11.8 Å². The number of benzene rings is 1. The maximum Gasteiger partial charge on any atom is 0.176 e. The molecule has 0 spiro atoms. The van der Waals surface area contributed by atoms with Gasteiger partial charge >= 0.3 is 0 Å². The summed E-state index contributed by atoms with van der Waals surface area (Å²) in [6, 6.07) is 10.5. The molecule has 7 heteroatoms. The van der Waals surface area contributed by atoms with E-state index < -0.39 is 0 Å². The number of hydrogen-bond acceptors (Lipinski definition) is 6. The van der Waals surface area contributed by atoms with Crippen molar-refractivity contribution in [3.8, 4) is 17.5 Å². The number of nitrogens with one attached hydrogen (secondary N) is 1. The van der Waals surface area contributed by atoms with Crippen LogP contribution in [0.15, 0.2) is 36.7 Å². The molecule has 1 aliphatic rings. The van der Waals surface area contributed by atoms with Crippen LogP contribution in [0.1, 0.15) is 31.7 Å². The average Bonchev–Trinajstić information content (AvgIpc) is 3.04. The van der Waals surface area contributed by atoms with Crippen LogP contribution in [-0.4, -0.2) is 25.8 Å². The molecule has 0 atom stereocenters. The molecule has 0 bridgehead atoms. The Morgan fingerprint density at radius 3 is 2.60 bits per heavy atom. The molecule has 3 N–H and O–H groups in total. The van der Waals surface area contributed by atoms with Crippen LogP contribution in [0.3, 0.4) is 0 Å². The third kappa shape index (κ3) is 2.76. The Morgan fingerprint density at radius 1 is 1.12 bits per heavy atom. The molecular formula is C18H19N7. The Kier molecular flexibility index (Phi) is 3.94. The van der Waals surface area contributed by atoms with Gasteiger partial charge in [-0.05, 0) is 25.7 Å². The SMILES string of the molecule is N#CNC1CCC(n2nc(-c3ccccc3)c3c(N)ncnc32)CC1. The third-order valence-corrected chi connectivity index (χ3v) is 4.88. The highest BCUT2D eigenvalue weighted by atomic mass is 15.3. The molecular weight excluding hydrogens is 314 g/mol. The second-order valence-electron chi connectivity index (χ2n) is 6.38. The molecule has 1 saturated carbocycles. The quantitative estimate of drug-likeness (QED) is 0.564. The van der Waals surface area contributed by atoms with Crippen LogP contribution in [0.25, 0.3) is 22.3 Å². The van der Waals surface area contributed by atoms with Crippen LogP contribution in [0.2, 0.25) is 0 Å². The molecule has 25 heavy (non-hydrogen) atoms. The highest BCUT2D eigenvalue weighted by molar-refractivity contribution is 5.98. The second-order valence-corrected chi connectivity index (χ2v) is 6.38. The lowest BCUT2D eigenvalue weighted by molar-refractivity contribution is 0.295.